The predicted octanol–water partition coefficient (Wildman–Crippen LogP) is 7.06. The molecule has 5 nitrogen and oxygen atoms in total. The number of hydrogen-bond acceptors (Lipinski definition) is 3. The smallest absolute Gasteiger partial charge is 0.248 e. The van der Waals surface area contributed by atoms with Crippen LogP contribution >= 0.6 is 0 Å². The zero-order valence-electron chi connectivity index (χ0n) is 19.5. The van der Waals surface area contributed by atoms with Gasteiger partial charge in [-0.1, -0.05) is 24.3 Å². The highest BCUT2D eigenvalue weighted by Gasteiger charge is 2.03. The number of rotatable bonds is 8. The van der Waals surface area contributed by atoms with Crippen LogP contribution in [0.5, 0.6) is 11.5 Å². The maximum absolute atomic E-state index is 13.0. The van der Waals surface area contributed by atoms with E-state index in [1.807, 2.05) is 0 Å². The number of halogens is 2. The first kappa shape index (κ1) is 25.1. The summed E-state index contributed by atoms with van der Waals surface area (Å²) in [6.07, 6.45) is 5.94. The number of benzene rings is 4. The molecule has 2 N–H and O–H groups in total. The number of carbonyl (C=O) groups is 2. The van der Waals surface area contributed by atoms with Gasteiger partial charge in [0, 0.05) is 23.5 Å². The van der Waals surface area contributed by atoms with Gasteiger partial charge in [-0.3, -0.25) is 9.59 Å². The Morgan fingerprint density at radius 2 is 0.892 bits per heavy atom. The number of anilines is 2. The van der Waals surface area contributed by atoms with Crippen molar-refractivity contribution in [2.75, 3.05) is 10.6 Å². The summed E-state index contributed by atoms with van der Waals surface area (Å²) in [5.74, 6) is -0.165. The molecule has 0 atom stereocenters. The van der Waals surface area contributed by atoms with Crippen LogP contribution in [0.3, 0.4) is 0 Å². The molecule has 184 valence electrons. The number of amides is 2. The third-order valence-corrected chi connectivity index (χ3v) is 5.07. The Morgan fingerprint density at radius 1 is 0.541 bits per heavy atom. The van der Waals surface area contributed by atoms with Crippen LogP contribution in [0.25, 0.3) is 12.2 Å². The molecule has 4 rings (SSSR count). The molecular formula is C30H22F2N2O3. The Labute approximate surface area is 212 Å². The zero-order valence-corrected chi connectivity index (χ0v) is 19.5. The van der Waals surface area contributed by atoms with Crippen LogP contribution in [0.2, 0.25) is 0 Å². The molecule has 0 bridgehead atoms. The number of nitrogens with one attached hydrogen (secondary N) is 2. The molecule has 0 saturated carbocycles. The molecule has 0 fully saturated rings. The molecule has 0 aromatic heterocycles. The van der Waals surface area contributed by atoms with Crippen LogP contribution in [0.15, 0.2) is 109 Å². The van der Waals surface area contributed by atoms with Crippen LogP contribution in [-0.4, -0.2) is 11.8 Å². The lowest BCUT2D eigenvalue weighted by atomic mass is 10.2. The lowest BCUT2D eigenvalue weighted by Gasteiger charge is -2.08. The van der Waals surface area contributed by atoms with E-state index in [1.54, 1.807) is 84.9 Å². The van der Waals surface area contributed by atoms with Crippen LogP contribution in [0.1, 0.15) is 11.1 Å². The van der Waals surface area contributed by atoms with E-state index in [4.69, 9.17) is 4.74 Å². The van der Waals surface area contributed by atoms with Crippen molar-refractivity contribution in [3.63, 3.8) is 0 Å². The Hall–Kier alpha value is -5.04. The highest BCUT2D eigenvalue weighted by molar-refractivity contribution is 6.02. The van der Waals surface area contributed by atoms with Crippen molar-refractivity contribution in [1.29, 1.82) is 0 Å². The van der Waals surface area contributed by atoms with Crippen molar-refractivity contribution in [2.45, 2.75) is 0 Å². The molecule has 0 aliphatic heterocycles. The Kier molecular flexibility index (Phi) is 8.18. The second-order valence-corrected chi connectivity index (χ2v) is 7.90. The third kappa shape index (κ3) is 8.00. The van der Waals surface area contributed by atoms with Gasteiger partial charge in [-0.15, -0.1) is 0 Å². The van der Waals surface area contributed by atoms with Gasteiger partial charge in [0.2, 0.25) is 11.8 Å². The maximum Gasteiger partial charge on any atom is 0.248 e. The first-order chi connectivity index (χ1) is 17.9. The Balaban J connectivity index is 1.26. The van der Waals surface area contributed by atoms with E-state index >= 15 is 0 Å². The van der Waals surface area contributed by atoms with E-state index in [-0.39, 0.29) is 23.4 Å². The van der Waals surface area contributed by atoms with Crippen LogP contribution < -0.4 is 15.4 Å². The monoisotopic (exact) mass is 496 g/mol. The zero-order chi connectivity index (χ0) is 26.0. The molecule has 0 aliphatic rings. The molecule has 0 heterocycles. The fourth-order valence-corrected chi connectivity index (χ4v) is 3.21. The van der Waals surface area contributed by atoms with Gasteiger partial charge in [0.25, 0.3) is 0 Å². The molecule has 37 heavy (non-hydrogen) atoms. The SMILES string of the molecule is O=C(C=Cc1ccc(F)cc1)Nc1ccc(Oc2ccc(NC(=O)C=Cc3ccc(F)cc3)cc2)cc1. The summed E-state index contributed by atoms with van der Waals surface area (Å²) in [7, 11) is 0. The second kappa shape index (κ2) is 12.1. The van der Waals surface area contributed by atoms with Gasteiger partial charge >= 0.3 is 0 Å². The molecular weight excluding hydrogens is 474 g/mol. The number of hydrogen-bond donors (Lipinski definition) is 2. The molecule has 4 aromatic carbocycles. The van der Waals surface area contributed by atoms with E-state index in [1.165, 1.54) is 36.4 Å². The minimum atomic E-state index is -0.334. The van der Waals surface area contributed by atoms with Gasteiger partial charge in [0.15, 0.2) is 0 Å². The van der Waals surface area contributed by atoms with Gasteiger partial charge in [-0.25, -0.2) is 8.78 Å². The topological polar surface area (TPSA) is 67.4 Å². The summed E-state index contributed by atoms with van der Waals surface area (Å²) in [5.41, 5.74) is 2.61. The quantitative estimate of drug-likeness (QED) is 0.257. The summed E-state index contributed by atoms with van der Waals surface area (Å²) in [6.45, 7) is 0. The van der Waals surface area contributed by atoms with Gasteiger partial charge in [0.05, 0.1) is 0 Å². The van der Waals surface area contributed by atoms with E-state index in [9.17, 15) is 18.4 Å². The second-order valence-electron chi connectivity index (χ2n) is 7.90. The average molecular weight is 497 g/mol. The van der Waals surface area contributed by atoms with Crippen LogP contribution in [0.4, 0.5) is 20.2 Å². The summed E-state index contributed by atoms with van der Waals surface area (Å²) in [5, 5.41) is 5.49. The number of ether oxygens (including phenoxy) is 1. The van der Waals surface area contributed by atoms with E-state index in [2.05, 4.69) is 10.6 Å². The van der Waals surface area contributed by atoms with Crippen LogP contribution in [0, 0.1) is 11.6 Å². The van der Waals surface area contributed by atoms with Gasteiger partial charge in [0.1, 0.15) is 23.1 Å². The summed E-state index contributed by atoms with van der Waals surface area (Å²) in [4.78, 5) is 24.2. The average Bonchev–Trinajstić information content (AvgIpc) is 2.90. The molecule has 0 unspecified atom stereocenters. The van der Waals surface area contributed by atoms with E-state index in [0.717, 1.165) is 0 Å². The van der Waals surface area contributed by atoms with Crippen LogP contribution in [-0.2, 0) is 9.59 Å². The third-order valence-electron chi connectivity index (χ3n) is 5.07. The molecule has 0 aliphatic carbocycles. The Bertz CT molecular complexity index is 1300. The van der Waals surface area contributed by atoms with Crippen molar-refractivity contribution >= 4 is 35.3 Å². The van der Waals surface area contributed by atoms with Gasteiger partial charge in [-0.2, -0.15) is 0 Å². The number of carbonyl (C=O) groups excluding carboxylic acids is 2. The van der Waals surface area contributed by atoms with Crippen molar-refractivity contribution in [3.8, 4) is 11.5 Å². The van der Waals surface area contributed by atoms with Gasteiger partial charge < -0.3 is 15.4 Å². The fourth-order valence-electron chi connectivity index (χ4n) is 3.21. The summed E-state index contributed by atoms with van der Waals surface area (Å²) < 4.78 is 31.7. The standard InChI is InChI=1S/C30H22F2N2O3/c31-23-7-1-21(2-8-23)5-19-29(35)33-25-11-15-27(16-12-25)37-28-17-13-26(14-18-28)34-30(36)20-6-22-3-9-24(32)10-4-22/h1-20H,(H,33,35)(H,34,36). The van der Waals surface area contributed by atoms with E-state index in [0.29, 0.717) is 34.0 Å². The molecule has 2 amide bonds. The lowest BCUT2D eigenvalue weighted by Crippen LogP contribution is -2.07. The predicted molar refractivity (Wildman–Crippen MR) is 141 cm³/mol. The molecule has 0 spiro atoms. The summed E-state index contributed by atoms with van der Waals surface area (Å²) in [6, 6.07) is 25.4. The Morgan fingerprint density at radius 3 is 1.24 bits per heavy atom. The minimum Gasteiger partial charge on any atom is -0.457 e. The molecule has 0 radical (unpaired) electrons. The van der Waals surface area contributed by atoms with Crippen molar-refractivity contribution in [2.24, 2.45) is 0 Å². The normalized spacial score (nSPS) is 11.0. The highest BCUT2D eigenvalue weighted by atomic mass is 19.1. The molecule has 0 saturated heterocycles. The summed E-state index contributed by atoms with van der Waals surface area (Å²) >= 11 is 0. The molecule has 7 heteroatoms. The van der Waals surface area contributed by atoms with Crippen molar-refractivity contribution in [3.05, 3.63) is 132 Å². The largest absolute Gasteiger partial charge is 0.457 e. The fraction of sp³-hybridized carbons (Fsp3) is 0. The first-order valence-electron chi connectivity index (χ1n) is 11.3. The maximum atomic E-state index is 13.0. The molecule has 4 aromatic rings. The minimum absolute atomic E-state index is 0.317. The van der Waals surface area contributed by atoms with Gasteiger partial charge in [-0.05, 0) is 96.1 Å². The first-order valence-corrected chi connectivity index (χ1v) is 11.3. The van der Waals surface area contributed by atoms with Crippen molar-refractivity contribution < 1.29 is 23.1 Å². The van der Waals surface area contributed by atoms with E-state index < -0.39 is 0 Å². The lowest BCUT2D eigenvalue weighted by molar-refractivity contribution is -0.112. The van der Waals surface area contributed by atoms with Crippen molar-refractivity contribution in [1.82, 2.24) is 0 Å². The highest BCUT2D eigenvalue weighted by Crippen LogP contribution is 2.24.